The van der Waals surface area contributed by atoms with E-state index in [1.54, 1.807) is 13.2 Å². The highest BCUT2D eigenvalue weighted by atomic mass is 32.1. The minimum atomic E-state index is -0.479. The van der Waals surface area contributed by atoms with E-state index in [1.807, 2.05) is 26.0 Å². The number of amides is 2. The Morgan fingerprint density at radius 2 is 1.96 bits per heavy atom. The number of carbonyl (C=O) groups excluding carboxylic acids is 2. The molecule has 1 aromatic carbocycles. The van der Waals surface area contributed by atoms with Crippen LogP contribution in [0.5, 0.6) is 5.75 Å². The molecule has 28 heavy (non-hydrogen) atoms. The van der Waals surface area contributed by atoms with Gasteiger partial charge in [0.25, 0.3) is 5.91 Å². The number of primary amides is 1. The van der Waals surface area contributed by atoms with Gasteiger partial charge < -0.3 is 15.8 Å². The molecule has 0 spiro atoms. The number of anilines is 1. The Morgan fingerprint density at radius 1 is 1.29 bits per heavy atom. The summed E-state index contributed by atoms with van der Waals surface area (Å²) >= 11 is 1.47. The number of rotatable bonds is 5. The van der Waals surface area contributed by atoms with Crippen molar-refractivity contribution < 1.29 is 14.3 Å². The number of hydrogen-bond donors (Lipinski definition) is 2. The molecule has 2 amide bonds. The first-order chi connectivity index (χ1) is 13.3. The monoisotopic (exact) mass is 398 g/mol. The summed E-state index contributed by atoms with van der Waals surface area (Å²) in [5.41, 5.74) is 10.1. The molecule has 1 aromatic heterocycles. The van der Waals surface area contributed by atoms with Crippen molar-refractivity contribution in [2.24, 2.45) is 11.7 Å². The molecule has 5 nitrogen and oxygen atoms in total. The van der Waals surface area contributed by atoms with Gasteiger partial charge in [0.05, 0.1) is 12.7 Å². The first-order valence-electron chi connectivity index (χ1n) is 9.38. The Labute approximate surface area is 169 Å². The molecule has 0 radical (unpaired) electrons. The number of carbonyl (C=O) groups is 2. The molecule has 148 valence electrons. The summed E-state index contributed by atoms with van der Waals surface area (Å²) in [7, 11) is 1.63. The smallest absolute Gasteiger partial charge is 0.251 e. The van der Waals surface area contributed by atoms with Crippen LogP contribution >= 0.6 is 11.3 Å². The molecule has 0 saturated heterocycles. The fourth-order valence-corrected chi connectivity index (χ4v) is 5.15. The van der Waals surface area contributed by atoms with Crippen LogP contribution in [0.3, 0.4) is 0 Å². The van der Waals surface area contributed by atoms with E-state index < -0.39 is 5.91 Å². The largest absolute Gasteiger partial charge is 0.497 e. The van der Waals surface area contributed by atoms with Crippen LogP contribution in [0.25, 0.3) is 6.08 Å². The van der Waals surface area contributed by atoms with Gasteiger partial charge in [0.2, 0.25) is 5.91 Å². The summed E-state index contributed by atoms with van der Waals surface area (Å²) in [6, 6.07) is 3.87. The first kappa shape index (κ1) is 20.1. The van der Waals surface area contributed by atoms with Gasteiger partial charge in [-0.15, -0.1) is 11.3 Å². The number of ether oxygens (including phenoxy) is 1. The standard InChI is InChI=1S/C22H26N2O3S/c1-12-5-6-17-18(9-12)28-22(20(17)21(23)26)24-19(25)8-7-16-13(2)10-15(27-4)11-14(16)3/h7-8,10-12H,5-6,9H2,1-4H3,(H2,23,26)(H,24,25)/b8-7+. The molecule has 1 heterocycles. The number of thiophene rings is 1. The Hall–Kier alpha value is -2.60. The highest BCUT2D eigenvalue weighted by Gasteiger charge is 2.26. The second-order valence-electron chi connectivity index (χ2n) is 7.42. The second kappa shape index (κ2) is 8.19. The van der Waals surface area contributed by atoms with E-state index in [0.29, 0.717) is 16.5 Å². The molecule has 2 aromatic rings. The normalized spacial score (nSPS) is 16.1. The summed E-state index contributed by atoms with van der Waals surface area (Å²) in [6.45, 7) is 6.16. The van der Waals surface area contributed by atoms with Crippen molar-refractivity contribution in [2.75, 3.05) is 12.4 Å². The van der Waals surface area contributed by atoms with Crippen molar-refractivity contribution in [1.82, 2.24) is 0 Å². The zero-order valence-electron chi connectivity index (χ0n) is 16.7. The number of nitrogens with two attached hydrogens (primary N) is 1. The predicted molar refractivity (Wildman–Crippen MR) is 114 cm³/mol. The molecular formula is C22H26N2O3S. The Kier molecular flexibility index (Phi) is 5.89. The van der Waals surface area contributed by atoms with Gasteiger partial charge in [-0.25, -0.2) is 0 Å². The minimum absolute atomic E-state index is 0.274. The summed E-state index contributed by atoms with van der Waals surface area (Å²) in [5, 5.41) is 3.42. The molecule has 1 aliphatic rings. The van der Waals surface area contributed by atoms with Crippen molar-refractivity contribution >= 4 is 34.2 Å². The SMILES string of the molecule is COc1cc(C)c(/C=C/C(=O)Nc2sc3c(c2C(N)=O)CCC(C)C3)c(C)c1. The van der Waals surface area contributed by atoms with Crippen LogP contribution in [0.4, 0.5) is 5.00 Å². The summed E-state index contributed by atoms with van der Waals surface area (Å²) < 4.78 is 5.27. The molecule has 0 fully saturated rings. The third-order valence-corrected chi connectivity index (χ3v) is 6.37. The van der Waals surface area contributed by atoms with Gasteiger partial charge in [0, 0.05) is 11.0 Å². The Morgan fingerprint density at radius 3 is 2.57 bits per heavy atom. The molecule has 0 saturated carbocycles. The number of fused-ring (bicyclic) bond motifs is 1. The molecule has 1 atom stereocenters. The van der Waals surface area contributed by atoms with E-state index in [-0.39, 0.29) is 5.91 Å². The lowest BCUT2D eigenvalue weighted by Crippen LogP contribution is -2.18. The molecule has 3 N–H and O–H groups in total. The van der Waals surface area contributed by atoms with Crippen LogP contribution in [-0.4, -0.2) is 18.9 Å². The van der Waals surface area contributed by atoms with E-state index in [2.05, 4.69) is 12.2 Å². The predicted octanol–water partition coefficient (Wildman–Crippen LogP) is 4.25. The van der Waals surface area contributed by atoms with E-state index in [9.17, 15) is 9.59 Å². The van der Waals surface area contributed by atoms with Crippen LogP contribution in [0.1, 0.15) is 50.8 Å². The number of hydrogen-bond acceptors (Lipinski definition) is 4. The lowest BCUT2D eigenvalue weighted by Gasteiger charge is -2.18. The summed E-state index contributed by atoms with van der Waals surface area (Å²) in [4.78, 5) is 25.7. The number of methoxy groups -OCH3 is 1. The molecule has 6 heteroatoms. The van der Waals surface area contributed by atoms with Gasteiger partial charge in [-0.2, -0.15) is 0 Å². The zero-order chi connectivity index (χ0) is 20.4. The van der Waals surface area contributed by atoms with E-state index in [0.717, 1.165) is 52.1 Å². The van der Waals surface area contributed by atoms with Crippen molar-refractivity contribution in [2.45, 2.75) is 40.0 Å². The molecular weight excluding hydrogens is 372 g/mol. The fourth-order valence-electron chi connectivity index (χ4n) is 3.73. The van der Waals surface area contributed by atoms with Gasteiger partial charge in [-0.1, -0.05) is 6.92 Å². The van der Waals surface area contributed by atoms with Crippen LogP contribution < -0.4 is 15.8 Å². The van der Waals surface area contributed by atoms with Gasteiger partial charge in [-0.05, 0) is 79.5 Å². The van der Waals surface area contributed by atoms with Gasteiger partial charge in [0.15, 0.2) is 0 Å². The second-order valence-corrected chi connectivity index (χ2v) is 8.52. The van der Waals surface area contributed by atoms with Crippen molar-refractivity contribution in [1.29, 1.82) is 0 Å². The minimum Gasteiger partial charge on any atom is -0.497 e. The average Bonchev–Trinajstić information content (AvgIpc) is 2.97. The third-order valence-electron chi connectivity index (χ3n) is 5.20. The van der Waals surface area contributed by atoms with E-state index >= 15 is 0 Å². The third kappa shape index (κ3) is 4.12. The summed E-state index contributed by atoms with van der Waals surface area (Å²) in [6.07, 6.45) is 6.08. The molecule has 0 aliphatic heterocycles. The lowest BCUT2D eigenvalue weighted by atomic mass is 9.88. The van der Waals surface area contributed by atoms with Crippen molar-refractivity contribution in [3.05, 3.63) is 50.9 Å². The van der Waals surface area contributed by atoms with Crippen molar-refractivity contribution in [3.8, 4) is 5.75 Å². The quantitative estimate of drug-likeness (QED) is 0.739. The number of nitrogens with one attached hydrogen (secondary N) is 1. The topological polar surface area (TPSA) is 81.4 Å². The molecule has 3 rings (SSSR count). The van der Waals surface area contributed by atoms with Crippen molar-refractivity contribution in [3.63, 3.8) is 0 Å². The maximum absolute atomic E-state index is 12.5. The lowest BCUT2D eigenvalue weighted by molar-refractivity contribution is -0.111. The maximum Gasteiger partial charge on any atom is 0.251 e. The van der Waals surface area contributed by atoms with Gasteiger partial charge >= 0.3 is 0 Å². The van der Waals surface area contributed by atoms with E-state index in [4.69, 9.17) is 10.5 Å². The van der Waals surface area contributed by atoms with Crippen LogP contribution in [-0.2, 0) is 17.6 Å². The number of benzene rings is 1. The highest BCUT2D eigenvalue weighted by molar-refractivity contribution is 7.17. The van der Waals surface area contributed by atoms with Crippen LogP contribution in [0.15, 0.2) is 18.2 Å². The van der Waals surface area contributed by atoms with Gasteiger partial charge in [-0.3, -0.25) is 9.59 Å². The Bertz CT molecular complexity index is 936. The zero-order valence-corrected chi connectivity index (χ0v) is 17.5. The van der Waals surface area contributed by atoms with Crippen LogP contribution in [0.2, 0.25) is 0 Å². The van der Waals surface area contributed by atoms with Gasteiger partial charge in [0.1, 0.15) is 10.8 Å². The highest BCUT2D eigenvalue weighted by Crippen LogP contribution is 2.39. The molecule has 0 bridgehead atoms. The number of aryl methyl sites for hydroxylation is 2. The summed E-state index contributed by atoms with van der Waals surface area (Å²) in [5.74, 6) is 0.620. The molecule has 1 aliphatic carbocycles. The fraction of sp³-hybridized carbons (Fsp3) is 0.364. The Balaban J connectivity index is 1.83. The average molecular weight is 399 g/mol. The first-order valence-corrected chi connectivity index (χ1v) is 10.2. The molecule has 1 unspecified atom stereocenters. The van der Waals surface area contributed by atoms with E-state index in [1.165, 1.54) is 17.4 Å². The van der Waals surface area contributed by atoms with Crippen LogP contribution in [0, 0.1) is 19.8 Å². The maximum atomic E-state index is 12.5.